The van der Waals surface area contributed by atoms with Crippen molar-refractivity contribution in [3.05, 3.63) is 83.4 Å². The number of Topliss-reactive ketones (excluding diaryl/α,β-unsaturated/α-hetero) is 1. The van der Waals surface area contributed by atoms with Crippen molar-refractivity contribution in [2.24, 2.45) is 11.8 Å². The van der Waals surface area contributed by atoms with E-state index in [1.165, 1.54) is 0 Å². The molecule has 1 aliphatic rings. The monoisotopic (exact) mass is 404 g/mol. The predicted molar refractivity (Wildman–Crippen MR) is 118 cm³/mol. The molecule has 2 amide bonds. The first kappa shape index (κ1) is 19.2. The summed E-state index contributed by atoms with van der Waals surface area (Å²) in [6, 6.07) is 22.0. The highest BCUT2D eigenvalue weighted by atomic mass is 35.5. The molecule has 3 aromatic carbocycles. The summed E-state index contributed by atoms with van der Waals surface area (Å²) >= 11 is 6.05. The molecule has 5 heteroatoms. The van der Waals surface area contributed by atoms with Crippen LogP contribution in [0.3, 0.4) is 0 Å². The van der Waals surface area contributed by atoms with Gasteiger partial charge in [-0.1, -0.05) is 67.1 Å². The standard InChI is InChI=1S/C24H21ClN2O2/c1-15-14-20(15)23(28)18-8-6-16(7-9-18)17-10-12-19(13-11-17)26-24(29)27-22-5-3-2-4-21(22)25/h2-13,15,20H,14H2,1H3,(H2,26,27,29)/t15-,20-/m1/s1. The van der Waals surface area contributed by atoms with Crippen molar-refractivity contribution in [3.8, 4) is 11.1 Å². The Kier molecular flexibility index (Phi) is 5.36. The lowest BCUT2D eigenvalue weighted by Gasteiger charge is -2.10. The lowest BCUT2D eigenvalue weighted by atomic mass is 10.0. The van der Waals surface area contributed by atoms with E-state index in [1.54, 1.807) is 24.3 Å². The van der Waals surface area contributed by atoms with E-state index in [1.807, 2.05) is 48.5 Å². The molecule has 1 aliphatic carbocycles. The zero-order valence-electron chi connectivity index (χ0n) is 16.0. The Hall–Kier alpha value is -3.11. The molecule has 2 N–H and O–H groups in total. The van der Waals surface area contributed by atoms with E-state index in [0.717, 1.165) is 23.1 Å². The number of carbonyl (C=O) groups excluding carboxylic acids is 2. The molecule has 0 saturated heterocycles. The first-order chi connectivity index (χ1) is 14.0. The fraction of sp³-hybridized carbons (Fsp3) is 0.167. The number of halogens is 1. The number of anilines is 2. The smallest absolute Gasteiger partial charge is 0.308 e. The minimum atomic E-state index is -0.358. The Bertz CT molecular complexity index is 1050. The number of nitrogens with one attached hydrogen (secondary N) is 2. The molecule has 0 spiro atoms. The first-order valence-electron chi connectivity index (χ1n) is 9.58. The van der Waals surface area contributed by atoms with Crippen molar-refractivity contribution in [1.82, 2.24) is 0 Å². The maximum Gasteiger partial charge on any atom is 0.323 e. The van der Waals surface area contributed by atoms with Gasteiger partial charge in [0.05, 0.1) is 10.7 Å². The SMILES string of the molecule is C[C@@H]1C[C@H]1C(=O)c1ccc(-c2ccc(NC(=O)Nc3ccccc3Cl)cc2)cc1. The molecule has 0 radical (unpaired) electrons. The second kappa shape index (κ2) is 8.10. The molecule has 3 aromatic rings. The number of hydrogen-bond donors (Lipinski definition) is 2. The van der Waals surface area contributed by atoms with E-state index < -0.39 is 0 Å². The van der Waals surface area contributed by atoms with Gasteiger partial charge in [-0.2, -0.15) is 0 Å². The zero-order valence-corrected chi connectivity index (χ0v) is 16.7. The van der Waals surface area contributed by atoms with E-state index >= 15 is 0 Å². The van der Waals surface area contributed by atoms with Gasteiger partial charge in [0, 0.05) is 17.2 Å². The molecule has 0 heterocycles. The summed E-state index contributed by atoms with van der Waals surface area (Å²) in [4.78, 5) is 24.5. The summed E-state index contributed by atoms with van der Waals surface area (Å²) < 4.78 is 0. The van der Waals surface area contributed by atoms with Gasteiger partial charge >= 0.3 is 6.03 Å². The molecular formula is C24H21ClN2O2. The summed E-state index contributed by atoms with van der Waals surface area (Å²) in [5.74, 6) is 0.952. The van der Waals surface area contributed by atoms with E-state index in [0.29, 0.717) is 22.3 Å². The summed E-state index contributed by atoms with van der Waals surface area (Å²) in [5, 5.41) is 6.00. The molecule has 0 unspecified atom stereocenters. The molecule has 0 aromatic heterocycles. The van der Waals surface area contributed by atoms with Gasteiger partial charge in [-0.25, -0.2) is 4.79 Å². The van der Waals surface area contributed by atoms with Crippen LogP contribution in [0.4, 0.5) is 16.2 Å². The van der Waals surface area contributed by atoms with Crippen LogP contribution in [0.1, 0.15) is 23.7 Å². The third-order valence-corrected chi connectivity index (χ3v) is 5.54. The topological polar surface area (TPSA) is 58.2 Å². The second-order valence-corrected chi connectivity index (χ2v) is 7.80. The lowest BCUT2D eigenvalue weighted by Crippen LogP contribution is -2.19. The number of rotatable bonds is 5. The maximum absolute atomic E-state index is 12.3. The molecule has 29 heavy (non-hydrogen) atoms. The van der Waals surface area contributed by atoms with Crippen molar-refractivity contribution in [3.63, 3.8) is 0 Å². The van der Waals surface area contributed by atoms with Gasteiger partial charge in [0.15, 0.2) is 5.78 Å². The molecule has 146 valence electrons. The highest BCUT2D eigenvalue weighted by Gasteiger charge is 2.39. The Morgan fingerprint density at radius 1 is 0.862 bits per heavy atom. The Balaban J connectivity index is 1.39. The normalized spacial score (nSPS) is 17.4. The van der Waals surface area contributed by atoms with Crippen LogP contribution in [0, 0.1) is 11.8 Å². The first-order valence-corrected chi connectivity index (χ1v) is 9.96. The van der Waals surface area contributed by atoms with Gasteiger partial charge in [-0.15, -0.1) is 0 Å². The van der Waals surface area contributed by atoms with Crippen LogP contribution in [-0.4, -0.2) is 11.8 Å². The fourth-order valence-electron chi connectivity index (χ4n) is 3.32. The highest BCUT2D eigenvalue weighted by Crippen LogP contribution is 2.40. The molecule has 2 atom stereocenters. The minimum Gasteiger partial charge on any atom is -0.308 e. The fourth-order valence-corrected chi connectivity index (χ4v) is 3.50. The van der Waals surface area contributed by atoms with Crippen LogP contribution in [0.2, 0.25) is 5.02 Å². The quantitative estimate of drug-likeness (QED) is 0.477. The van der Waals surface area contributed by atoms with Crippen LogP contribution in [-0.2, 0) is 0 Å². The van der Waals surface area contributed by atoms with Crippen LogP contribution >= 0.6 is 11.6 Å². The molecule has 4 nitrogen and oxygen atoms in total. The molecule has 0 aliphatic heterocycles. The number of urea groups is 1. The van der Waals surface area contributed by atoms with Crippen molar-refractivity contribution < 1.29 is 9.59 Å². The molecule has 1 saturated carbocycles. The molecule has 0 bridgehead atoms. The van der Waals surface area contributed by atoms with Crippen LogP contribution in [0.5, 0.6) is 0 Å². The Labute approximate surface area is 174 Å². The summed E-state index contributed by atoms with van der Waals surface area (Å²) in [5.41, 5.74) is 4.04. The van der Waals surface area contributed by atoms with E-state index in [2.05, 4.69) is 17.6 Å². The van der Waals surface area contributed by atoms with Gasteiger partial charge in [0.2, 0.25) is 0 Å². The molecule has 4 rings (SSSR count). The lowest BCUT2D eigenvalue weighted by molar-refractivity contribution is 0.0962. The van der Waals surface area contributed by atoms with E-state index in [4.69, 9.17) is 11.6 Å². The minimum absolute atomic E-state index is 0.197. The third kappa shape index (κ3) is 4.49. The number of carbonyl (C=O) groups is 2. The van der Waals surface area contributed by atoms with Gasteiger partial charge in [-0.3, -0.25) is 4.79 Å². The molecule has 1 fully saturated rings. The summed E-state index contributed by atoms with van der Waals surface area (Å²) in [6.07, 6.45) is 0.999. The summed E-state index contributed by atoms with van der Waals surface area (Å²) in [7, 11) is 0. The van der Waals surface area contributed by atoms with Crippen LogP contribution < -0.4 is 10.6 Å². The average molecular weight is 405 g/mol. The molecular weight excluding hydrogens is 384 g/mol. The summed E-state index contributed by atoms with van der Waals surface area (Å²) in [6.45, 7) is 2.11. The van der Waals surface area contributed by atoms with Crippen molar-refractivity contribution >= 4 is 34.8 Å². The number of amides is 2. The Morgan fingerprint density at radius 3 is 2.03 bits per heavy atom. The van der Waals surface area contributed by atoms with E-state index in [9.17, 15) is 9.59 Å². The van der Waals surface area contributed by atoms with Gasteiger partial charge < -0.3 is 10.6 Å². The highest BCUT2D eigenvalue weighted by molar-refractivity contribution is 6.33. The van der Waals surface area contributed by atoms with Gasteiger partial charge in [0.1, 0.15) is 0 Å². The number of ketones is 1. The third-order valence-electron chi connectivity index (χ3n) is 5.21. The van der Waals surface area contributed by atoms with Crippen molar-refractivity contribution in [2.75, 3.05) is 10.6 Å². The zero-order chi connectivity index (χ0) is 20.4. The number of para-hydroxylation sites is 1. The van der Waals surface area contributed by atoms with Gasteiger partial charge in [-0.05, 0) is 47.7 Å². The van der Waals surface area contributed by atoms with Crippen LogP contribution in [0.15, 0.2) is 72.8 Å². The van der Waals surface area contributed by atoms with Crippen molar-refractivity contribution in [2.45, 2.75) is 13.3 Å². The number of hydrogen-bond acceptors (Lipinski definition) is 2. The predicted octanol–water partition coefficient (Wildman–Crippen LogP) is 6.49. The van der Waals surface area contributed by atoms with Gasteiger partial charge in [0.25, 0.3) is 0 Å². The van der Waals surface area contributed by atoms with Crippen LogP contribution in [0.25, 0.3) is 11.1 Å². The Morgan fingerprint density at radius 2 is 1.45 bits per heavy atom. The largest absolute Gasteiger partial charge is 0.323 e. The van der Waals surface area contributed by atoms with Crippen molar-refractivity contribution in [1.29, 1.82) is 0 Å². The average Bonchev–Trinajstić information content (AvgIpc) is 3.46. The van der Waals surface area contributed by atoms with E-state index in [-0.39, 0.29) is 17.7 Å². The second-order valence-electron chi connectivity index (χ2n) is 7.40. The maximum atomic E-state index is 12.3. The number of benzene rings is 3.